The van der Waals surface area contributed by atoms with E-state index in [-0.39, 0.29) is 5.82 Å². The molecule has 0 spiro atoms. The lowest BCUT2D eigenvalue weighted by atomic mass is 10.1. The van der Waals surface area contributed by atoms with E-state index in [1.54, 1.807) is 16.8 Å². The Bertz CT molecular complexity index is 537. The number of benzene rings is 1. The summed E-state index contributed by atoms with van der Waals surface area (Å²) in [6.45, 7) is 0.642. The molecule has 17 heavy (non-hydrogen) atoms. The fraction of sp³-hybridized carbons (Fsp3) is 0.250. The van der Waals surface area contributed by atoms with E-state index in [1.165, 1.54) is 6.07 Å². The molecule has 0 saturated carbocycles. The van der Waals surface area contributed by atoms with Crippen LogP contribution in [0.2, 0.25) is 0 Å². The Hall–Kier alpha value is -1.20. The monoisotopic (exact) mass is 297 g/mol. The summed E-state index contributed by atoms with van der Waals surface area (Å²) in [5.74, 6) is -0.243. The molecule has 0 fully saturated rings. The third kappa shape index (κ3) is 2.25. The van der Waals surface area contributed by atoms with Gasteiger partial charge in [0.25, 0.3) is 0 Å². The lowest BCUT2D eigenvalue weighted by molar-refractivity contribution is 0.627. The summed E-state index contributed by atoms with van der Waals surface area (Å²) in [6.07, 6.45) is 0. The van der Waals surface area contributed by atoms with Crippen LogP contribution in [0, 0.1) is 5.82 Å². The van der Waals surface area contributed by atoms with Gasteiger partial charge in [-0.05, 0) is 35.1 Å². The van der Waals surface area contributed by atoms with Crippen LogP contribution in [-0.2, 0) is 13.6 Å². The van der Waals surface area contributed by atoms with Crippen molar-refractivity contribution in [1.82, 2.24) is 15.1 Å². The molecule has 3 nitrogen and oxygen atoms in total. The molecule has 0 atom stereocenters. The molecule has 2 rings (SSSR count). The number of aryl methyl sites for hydroxylation is 1. The van der Waals surface area contributed by atoms with Gasteiger partial charge in [-0.3, -0.25) is 4.68 Å². The molecule has 0 radical (unpaired) electrons. The molecule has 0 aliphatic heterocycles. The smallest absolute Gasteiger partial charge is 0.132 e. The molecular formula is C12H13BrFN3. The lowest BCUT2D eigenvalue weighted by Crippen LogP contribution is -2.06. The van der Waals surface area contributed by atoms with Crippen LogP contribution in [0.25, 0.3) is 11.3 Å². The predicted octanol–water partition coefficient (Wildman–Crippen LogP) is 2.71. The molecular weight excluding hydrogens is 285 g/mol. The maximum Gasteiger partial charge on any atom is 0.132 e. The van der Waals surface area contributed by atoms with Gasteiger partial charge in [-0.1, -0.05) is 12.1 Å². The molecule has 0 amide bonds. The average molecular weight is 298 g/mol. The zero-order valence-electron chi connectivity index (χ0n) is 9.67. The molecule has 0 aliphatic carbocycles. The van der Waals surface area contributed by atoms with Gasteiger partial charge in [-0.25, -0.2) is 4.39 Å². The van der Waals surface area contributed by atoms with Gasteiger partial charge >= 0.3 is 0 Å². The topological polar surface area (TPSA) is 29.9 Å². The van der Waals surface area contributed by atoms with E-state index in [0.717, 1.165) is 15.9 Å². The van der Waals surface area contributed by atoms with Gasteiger partial charge in [-0.15, -0.1) is 0 Å². The van der Waals surface area contributed by atoms with E-state index in [2.05, 4.69) is 26.3 Å². The highest BCUT2D eigenvalue weighted by atomic mass is 79.9. The van der Waals surface area contributed by atoms with Crippen LogP contribution < -0.4 is 5.32 Å². The molecule has 5 heteroatoms. The first-order chi connectivity index (χ1) is 8.15. The quantitative estimate of drug-likeness (QED) is 0.944. The molecule has 1 heterocycles. The Morgan fingerprint density at radius 1 is 1.41 bits per heavy atom. The first kappa shape index (κ1) is 12.3. The van der Waals surface area contributed by atoms with Crippen molar-refractivity contribution in [3.63, 3.8) is 0 Å². The van der Waals surface area contributed by atoms with Crippen molar-refractivity contribution >= 4 is 15.9 Å². The number of halogens is 2. The standard InChI is InChI=1S/C12H13BrFN3/c1-15-7-10-11(13)12(17(2)16-10)8-5-3-4-6-9(8)14/h3-6,15H,7H2,1-2H3. The van der Waals surface area contributed by atoms with Crippen molar-refractivity contribution in [2.24, 2.45) is 7.05 Å². The Morgan fingerprint density at radius 2 is 2.12 bits per heavy atom. The highest BCUT2D eigenvalue weighted by molar-refractivity contribution is 9.10. The number of hydrogen-bond donors (Lipinski definition) is 1. The average Bonchev–Trinajstić information content (AvgIpc) is 2.57. The summed E-state index contributed by atoms with van der Waals surface area (Å²) >= 11 is 3.48. The van der Waals surface area contributed by atoms with Crippen LogP contribution >= 0.6 is 15.9 Å². The molecule has 1 aromatic carbocycles. The van der Waals surface area contributed by atoms with Crippen molar-refractivity contribution in [2.45, 2.75) is 6.54 Å². The van der Waals surface area contributed by atoms with E-state index in [0.29, 0.717) is 12.1 Å². The number of hydrogen-bond acceptors (Lipinski definition) is 2. The molecule has 2 aromatic rings. The van der Waals surface area contributed by atoms with E-state index < -0.39 is 0 Å². The molecule has 1 aromatic heterocycles. The normalized spacial score (nSPS) is 10.8. The first-order valence-electron chi connectivity index (χ1n) is 5.26. The minimum absolute atomic E-state index is 0.243. The third-order valence-electron chi connectivity index (χ3n) is 2.53. The second-order valence-corrected chi connectivity index (χ2v) is 4.54. The van der Waals surface area contributed by atoms with Gasteiger partial charge < -0.3 is 5.32 Å². The van der Waals surface area contributed by atoms with Gasteiger partial charge in [0.2, 0.25) is 0 Å². The summed E-state index contributed by atoms with van der Waals surface area (Å²) in [5.41, 5.74) is 2.18. The van der Waals surface area contributed by atoms with Crippen molar-refractivity contribution in [3.8, 4) is 11.3 Å². The fourth-order valence-electron chi connectivity index (χ4n) is 1.78. The highest BCUT2D eigenvalue weighted by Crippen LogP contribution is 2.32. The minimum atomic E-state index is -0.243. The maximum absolute atomic E-state index is 13.8. The molecule has 1 N–H and O–H groups in total. The Labute approximate surface area is 108 Å². The van der Waals surface area contributed by atoms with Crippen LogP contribution in [0.5, 0.6) is 0 Å². The van der Waals surface area contributed by atoms with E-state index in [1.807, 2.05) is 20.2 Å². The highest BCUT2D eigenvalue weighted by Gasteiger charge is 2.17. The first-order valence-corrected chi connectivity index (χ1v) is 6.05. The van der Waals surface area contributed by atoms with E-state index in [4.69, 9.17) is 0 Å². The van der Waals surface area contributed by atoms with Crippen molar-refractivity contribution in [1.29, 1.82) is 0 Å². The van der Waals surface area contributed by atoms with E-state index >= 15 is 0 Å². The maximum atomic E-state index is 13.8. The van der Waals surface area contributed by atoms with Gasteiger partial charge in [0, 0.05) is 19.2 Å². The van der Waals surface area contributed by atoms with E-state index in [9.17, 15) is 4.39 Å². The largest absolute Gasteiger partial charge is 0.314 e. The van der Waals surface area contributed by atoms with Crippen LogP contribution in [0.4, 0.5) is 4.39 Å². The summed E-state index contributed by atoms with van der Waals surface area (Å²) in [7, 11) is 3.66. The SMILES string of the molecule is CNCc1nn(C)c(-c2ccccc2F)c1Br. The minimum Gasteiger partial charge on any atom is -0.314 e. The van der Waals surface area contributed by atoms with Crippen LogP contribution in [0.1, 0.15) is 5.69 Å². The summed E-state index contributed by atoms with van der Waals surface area (Å²) in [6, 6.07) is 6.69. The summed E-state index contributed by atoms with van der Waals surface area (Å²) < 4.78 is 16.3. The molecule has 0 saturated heterocycles. The van der Waals surface area contributed by atoms with Crippen LogP contribution in [-0.4, -0.2) is 16.8 Å². The van der Waals surface area contributed by atoms with Crippen molar-refractivity contribution in [2.75, 3.05) is 7.05 Å². The molecule has 0 aliphatic rings. The Balaban J connectivity index is 2.56. The van der Waals surface area contributed by atoms with Crippen LogP contribution in [0.3, 0.4) is 0 Å². The zero-order chi connectivity index (χ0) is 12.4. The number of rotatable bonds is 3. The molecule has 0 unspecified atom stereocenters. The van der Waals surface area contributed by atoms with Gasteiger partial charge in [0.15, 0.2) is 0 Å². The predicted molar refractivity (Wildman–Crippen MR) is 69.1 cm³/mol. The molecule has 90 valence electrons. The third-order valence-corrected chi connectivity index (χ3v) is 3.36. The van der Waals surface area contributed by atoms with Gasteiger partial charge in [0.1, 0.15) is 5.82 Å². The second-order valence-electron chi connectivity index (χ2n) is 3.74. The van der Waals surface area contributed by atoms with Crippen molar-refractivity contribution in [3.05, 3.63) is 40.2 Å². The Morgan fingerprint density at radius 3 is 2.76 bits per heavy atom. The lowest BCUT2D eigenvalue weighted by Gasteiger charge is -2.04. The number of aromatic nitrogens is 2. The van der Waals surface area contributed by atoms with Crippen molar-refractivity contribution < 1.29 is 4.39 Å². The fourth-order valence-corrected chi connectivity index (χ4v) is 2.47. The summed E-state index contributed by atoms with van der Waals surface area (Å²) in [5, 5.41) is 7.39. The Kier molecular flexibility index (Phi) is 3.59. The zero-order valence-corrected chi connectivity index (χ0v) is 11.3. The van der Waals surface area contributed by atoms with Gasteiger partial charge in [-0.2, -0.15) is 5.10 Å². The van der Waals surface area contributed by atoms with Gasteiger partial charge in [0.05, 0.1) is 15.9 Å². The number of nitrogens with one attached hydrogen (secondary N) is 1. The molecule has 0 bridgehead atoms. The second kappa shape index (κ2) is 4.98. The summed E-state index contributed by atoms with van der Waals surface area (Å²) in [4.78, 5) is 0. The van der Waals surface area contributed by atoms with Crippen LogP contribution in [0.15, 0.2) is 28.7 Å². The number of nitrogens with zero attached hydrogens (tertiary/aromatic N) is 2.